The molecule has 1 atom stereocenters. The number of ether oxygens (including phenoxy) is 1. The van der Waals surface area contributed by atoms with Gasteiger partial charge in [0.05, 0.1) is 12.6 Å². The maximum Gasteiger partial charge on any atom is 0.332 e. The van der Waals surface area contributed by atoms with Crippen molar-refractivity contribution in [3.63, 3.8) is 0 Å². The molecular weight excluding hydrogens is 374 g/mol. The lowest BCUT2D eigenvalue weighted by Gasteiger charge is -2.18. The average Bonchev–Trinajstić information content (AvgIpc) is 3.06. The van der Waals surface area contributed by atoms with Gasteiger partial charge in [0, 0.05) is 21.0 Å². The predicted molar refractivity (Wildman–Crippen MR) is 110 cm³/mol. The zero-order chi connectivity index (χ0) is 21.1. The molecule has 29 heavy (non-hydrogen) atoms. The number of carbonyl (C=O) groups is 1. The molecule has 2 heterocycles. The van der Waals surface area contributed by atoms with E-state index in [9.17, 15) is 14.4 Å². The molecule has 1 aromatic carbocycles. The van der Waals surface area contributed by atoms with Crippen molar-refractivity contribution in [1.82, 2.24) is 18.7 Å². The first-order valence-corrected chi connectivity index (χ1v) is 9.43. The standard InChI is InChI=1S/C20H25N5O4/c1-5-15(12-29-13(2)26)21-19-22-17-16(18(27)24(4)20(28)23(17)3)25(19)11-14-9-7-6-8-10-14/h6-10,15H,5,11-12H2,1-4H3,(H,21,22)/t15-/m0/s1. The van der Waals surface area contributed by atoms with Gasteiger partial charge in [-0.15, -0.1) is 0 Å². The molecule has 2 aromatic heterocycles. The number of anilines is 1. The molecule has 0 aliphatic rings. The van der Waals surface area contributed by atoms with E-state index in [1.165, 1.54) is 18.5 Å². The van der Waals surface area contributed by atoms with E-state index in [1.54, 1.807) is 11.6 Å². The fourth-order valence-corrected chi connectivity index (χ4v) is 3.14. The van der Waals surface area contributed by atoms with Gasteiger partial charge in [0.2, 0.25) is 5.95 Å². The lowest BCUT2D eigenvalue weighted by molar-refractivity contribution is -0.141. The molecular formula is C20H25N5O4. The second-order valence-corrected chi connectivity index (χ2v) is 6.94. The number of aromatic nitrogens is 4. The fraction of sp³-hybridized carbons (Fsp3) is 0.400. The van der Waals surface area contributed by atoms with Crippen molar-refractivity contribution in [2.45, 2.75) is 32.9 Å². The van der Waals surface area contributed by atoms with Crippen LogP contribution in [0.4, 0.5) is 5.95 Å². The van der Waals surface area contributed by atoms with Gasteiger partial charge in [0.15, 0.2) is 11.2 Å². The number of rotatable bonds is 7. The van der Waals surface area contributed by atoms with Crippen molar-refractivity contribution >= 4 is 23.1 Å². The van der Waals surface area contributed by atoms with Crippen LogP contribution in [0.3, 0.4) is 0 Å². The molecule has 0 bridgehead atoms. The molecule has 0 spiro atoms. The number of imidazole rings is 1. The summed E-state index contributed by atoms with van der Waals surface area (Å²) in [6.07, 6.45) is 0.679. The van der Waals surface area contributed by atoms with Gasteiger partial charge in [-0.2, -0.15) is 4.98 Å². The topological polar surface area (TPSA) is 100 Å². The number of carbonyl (C=O) groups excluding carboxylic acids is 1. The van der Waals surface area contributed by atoms with Gasteiger partial charge in [0.25, 0.3) is 5.56 Å². The first kappa shape index (κ1) is 20.4. The number of nitrogens with one attached hydrogen (secondary N) is 1. The normalized spacial score (nSPS) is 12.1. The summed E-state index contributed by atoms with van der Waals surface area (Å²) in [4.78, 5) is 40.9. The highest BCUT2D eigenvalue weighted by molar-refractivity contribution is 5.74. The van der Waals surface area contributed by atoms with E-state index in [4.69, 9.17) is 4.74 Å². The summed E-state index contributed by atoms with van der Waals surface area (Å²) in [5.41, 5.74) is 0.777. The van der Waals surface area contributed by atoms with Gasteiger partial charge in [-0.1, -0.05) is 37.3 Å². The summed E-state index contributed by atoms with van der Waals surface area (Å²) in [5, 5.41) is 3.27. The Labute approximate surface area is 167 Å². The van der Waals surface area contributed by atoms with Crippen LogP contribution in [0.25, 0.3) is 11.2 Å². The monoisotopic (exact) mass is 399 g/mol. The van der Waals surface area contributed by atoms with Gasteiger partial charge >= 0.3 is 11.7 Å². The van der Waals surface area contributed by atoms with Crippen molar-refractivity contribution in [1.29, 1.82) is 0 Å². The third-order valence-electron chi connectivity index (χ3n) is 4.85. The third kappa shape index (κ3) is 4.08. The Bertz CT molecular complexity index is 1140. The zero-order valence-corrected chi connectivity index (χ0v) is 17.0. The van der Waals surface area contributed by atoms with Crippen molar-refractivity contribution in [2.24, 2.45) is 14.1 Å². The summed E-state index contributed by atoms with van der Waals surface area (Å²) in [6, 6.07) is 9.49. The summed E-state index contributed by atoms with van der Waals surface area (Å²) in [5.74, 6) is 0.0838. The van der Waals surface area contributed by atoms with Crippen molar-refractivity contribution in [3.8, 4) is 0 Å². The van der Waals surface area contributed by atoms with Crippen LogP contribution in [0.1, 0.15) is 25.8 Å². The van der Waals surface area contributed by atoms with Crippen LogP contribution in [0.5, 0.6) is 0 Å². The molecule has 0 unspecified atom stereocenters. The quantitative estimate of drug-likeness (QED) is 0.600. The van der Waals surface area contributed by atoms with Crippen LogP contribution in [0, 0.1) is 0 Å². The zero-order valence-electron chi connectivity index (χ0n) is 17.0. The highest BCUT2D eigenvalue weighted by Crippen LogP contribution is 2.19. The first-order valence-electron chi connectivity index (χ1n) is 9.43. The van der Waals surface area contributed by atoms with Crippen LogP contribution in [-0.2, 0) is 30.2 Å². The molecule has 0 saturated heterocycles. The SMILES string of the molecule is CC[C@@H](COC(C)=O)Nc1nc2c(c(=O)n(C)c(=O)n2C)n1Cc1ccccc1. The van der Waals surface area contributed by atoms with Crippen LogP contribution in [0.15, 0.2) is 39.9 Å². The minimum absolute atomic E-state index is 0.178. The molecule has 0 aliphatic carbocycles. The molecule has 154 valence electrons. The van der Waals surface area contributed by atoms with Crippen molar-refractivity contribution in [2.75, 3.05) is 11.9 Å². The van der Waals surface area contributed by atoms with Crippen LogP contribution in [0.2, 0.25) is 0 Å². The van der Waals surface area contributed by atoms with E-state index in [0.717, 1.165) is 10.1 Å². The number of fused-ring (bicyclic) bond motifs is 1. The molecule has 9 nitrogen and oxygen atoms in total. The molecule has 3 rings (SSSR count). The van der Waals surface area contributed by atoms with Crippen molar-refractivity contribution < 1.29 is 9.53 Å². The van der Waals surface area contributed by atoms with Crippen LogP contribution in [-0.4, -0.2) is 37.3 Å². The summed E-state index contributed by atoms with van der Waals surface area (Å²) >= 11 is 0. The van der Waals surface area contributed by atoms with E-state index in [2.05, 4.69) is 10.3 Å². The molecule has 0 aliphatic heterocycles. The Morgan fingerprint density at radius 3 is 2.48 bits per heavy atom. The highest BCUT2D eigenvalue weighted by atomic mass is 16.5. The minimum atomic E-state index is -0.439. The van der Waals surface area contributed by atoms with E-state index in [0.29, 0.717) is 30.1 Å². The summed E-state index contributed by atoms with van der Waals surface area (Å²) < 4.78 is 9.32. The van der Waals surface area contributed by atoms with E-state index in [1.807, 2.05) is 37.3 Å². The van der Waals surface area contributed by atoms with Crippen LogP contribution < -0.4 is 16.6 Å². The number of benzene rings is 1. The Kier molecular flexibility index (Phi) is 5.86. The summed E-state index contributed by atoms with van der Waals surface area (Å²) in [6.45, 7) is 3.89. The lowest BCUT2D eigenvalue weighted by atomic mass is 10.2. The van der Waals surface area contributed by atoms with Gasteiger partial charge in [-0.05, 0) is 12.0 Å². The highest BCUT2D eigenvalue weighted by Gasteiger charge is 2.21. The number of esters is 1. The summed E-state index contributed by atoms with van der Waals surface area (Å²) in [7, 11) is 3.04. The average molecular weight is 399 g/mol. The number of aryl methyl sites for hydroxylation is 1. The predicted octanol–water partition coefficient (Wildman–Crippen LogP) is 1.24. The first-order chi connectivity index (χ1) is 13.8. The minimum Gasteiger partial charge on any atom is -0.464 e. The van der Waals surface area contributed by atoms with Gasteiger partial charge in [-0.3, -0.25) is 23.3 Å². The second-order valence-electron chi connectivity index (χ2n) is 6.94. The van der Waals surface area contributed by atoms with E-state index < -0.39 is 11.2 Å². The third-order valence-corrected chi connectivity index (χ3v) is 4.85. The van der Waals surface area contributed by atoms with Gasteiger partial charge < -0.3 is 10.1 Å². The molecule has 3 aromatic rings. The van der Waals surface area contributed by atoms with E-state index >= 15 is 0 Å². The Morgan fingerprint density at radius 2 is 1.86 bits per heavy atom. The molecule has 1 N–H and O–H groups in total. The maximum absolute atomic E-state index is 12.9. The molecule has 0 radical (unpaired) electrons. The maximum atomic E-state index is 12.9. The Morgan fingerprint density at radius 1 is 1.17 bits per heavy atom. The fourth-order valence-electron chi connectivity index (χ4n) is 3.14. The lowest BCUT2D eigenvalue weighted by Crippen LogP contribution is -2.37. The van der Waals surface area contributed by atoms with Gasteiger partial charge in [0.1, 0.15) is 6.61 Å². The van der Waals surface area contributed by atoms with E-state index in [-0.39, 0.29) is 18.6 Å². The van der Waals surface area contributed by atoms with Crippen molar-refractivity contribution in [3.05, 3.63) is 56.7 Å². The van der Waals surface area contributed by atoms with Gasteiger partial charge in [-0.25, -0.2) is 4.79 Å². The smallest absolute Gasteiger partial charge is 0.332 e. The Hall–Kier alpha value is -3.36. The number of hydrogen-bond acceptors (Lipinski definition) is 6. The molecule has 9 heteroatoms. The largest absolute Gasteiger partial charge is 0.464 e. The molecule has 0 saturated carbocycles. The second kappa shape index (κ2) is 8.34. The Balaban J connectivity index is 2.14. The molecule has 0 amide bonds. The molecule has 0 fully saturated rings. The van der Waals surface area contributed by atoms with Crippen LogP contribution >= 0.6 is 0 Å². The number of hydrogen-bond donors (Lipinski definition) is 1. The number of nitrogens with zero attached hydrogens (tertiary/aromatic N) is 4.